The molecule has 1 aliphatic heterocycles. The Labute approximate surface area is 157 Å². The lowest BCUT2D eigenvalue weighted by Gasteiger charge is -2.27. The highest BCUT2D eigenvalue weighted by atomic mass is 16.5. The van der Waals surface area contributed by atoms with Crippen molar-refractivity contribution >= 4 is 17.5 Å². The number of hydrogen-bond acceptors (Lipinski definition) is 8. The number of anilines is 2. The molecule has 0 aromatic carbocycles. The van der Waals surface area contributed by atoms with Crippen molar-refractivity contribution < 1.29 is 14.1 Å². The molecule has 1 saturated heterocycles. The monoisotopic (exact) mass is 372 g/mol. The Bertz CT molecular complexity index is 787. The van der Waals surface area contributed by atoms with E-state index in [2.05, 4.69) is 30.7 Å². The Morgan fingerprint density at radius 3 is 2.89 bits per heavy atom. The molecule has 2 aromatic heterocycles. The molecule has 9 nitrogen and oxygen atoms in total. The molecule has 27 heavy (non-hydrogen) atoms. The van der Waals surface area contributed by atoms with Crippen LogP contribution in [0, 0.1) is 0 Å². The zero-order valence-corrected chi connectivity index (χ0v) is 15.2. The van der Waals surface area contributed by atoms with E-state index in [-0.39, 0.29) is 5.91 Å². The van der Waals surface area contributed by atoms with Gasteiger partial charge in [0.05, 0.1) is 13.2 Å². The van der Waals surface area contributed by atoms with Crippen molar-refractivity contribution in [3.8, 4) is 0 Å². The van der Waals surface area contributed by atoms with E-state index in [4.69, 9.17) is 9.26 Å². The minimum atomic E-state index is -0.180. The van der Waals surface area contributed by atoms with Gasteiger partial charge in [-0.2, -0.15) is 0 Å². The second-order valence-corrected chi connectivity index (χ2v) is 6.68. The van der Waals surface area contributed by atoms with Gasteiger partial charge >= 0.3 is 0 Å². The molecule has 2 N–H and O–H groups in total. The number of rotatable bonds is 6. The fourth-order valence-corrected chi connectivity index (χ4v) is 3.42. The average molecular weight is 372 g/mol. The number of ether oxygens (including phenoxy) is 1. The molecular weight excluding hydrogens is 348 g/mol. The van der Waals surface area contributed by atoms with Gasteiger partial charge in [-0.1, -0.05) is 5.16 Å². The van der Waals surface area contributed by atoms with E-state index in [1.807, 2.05) is 6.07 Å². The molecule has 144 valence electrons. The van der Waals surface area contributed by atoms with Gasteiger partial charge < -0.3 is 24.8 Å². The summed E-state index contributed by atoms with van der Waals surface area (Å²) in [5.74, 6) is 2.30. The van der Waals surface area contributed by atoms with Gasteiger partial charge in [-0.3, -0.25) is 4.79 Å². The molecule has 0 radical (unpaired) electrons. The largest absolute Gasteiger partial charge is 0.378 e. The molecule has 9 heteroatoms. The summed E-state index contributed by atoms with van der Waals surface area (Å²) >= 11 is 0. The van der Waals surface area contributed by atoms with Gasteiger partial charge in [0.15, 0.2) is 5.69 Å². The Hall–Kier alpha value is -2.68. The van der Waals surface area contributed by atoms with Crippen molar-refractivity contribution in [1.29, 1.82) is 0 Å². The minimum Gasteiger partial charge on any atom is -0.378 e. The fraction of sp³-hybridized carbons (Fsp3) is 0.556. The van der Waals surface area contributed by atoms with Crippen molar-refractivity contribution in [1.82, 2.24) is 20.4 Å². The summed E-state index contributed by atoms with van der Waals surface area (Å²) in [5, 5.41) is 10.1. The Balaban J connectivity index is 1.26. The summed E-state index contributed by atoms with van der Waals surface area (Å²) in [5.41, 5.74) is 1.40. The summed E-state index contributed by atoms with van der Waals surface area (Å²) < 4.78 is 10.7. The predicted octanol–water partition coefficient (Wildman–Crippen LogP) is 1.02. The second-order valence-electron chi connectivity index (χ2n) is 6.68. The van der Waals surface area contributed by atoms with Gasteiger partial charge in [-0.25, -0.2) is 9.97 Å². The van der Waals surface area contributed by atoms with Crippen molar-refractivity contribution in [3.05, 3.63) is 29.4 Å². The normalized spacial score (nSPS) is 16.7. The molecule has 3 heterocycles. The topological polar surface area (TPSA) is 105 Å². The maximum atomic E-state index is 12.3. The van der Waals surface area contributed by atoms with E-state index in [9.17, 15) is 4.79 Å². The van der Waals surface area contributed by atoms with Crippen LogP contribution in [-0.4, -0.2) is 60.4 Å². The van der Waals surface area contributed by atoms with Gasteiger partial charge in [0, 0.05) is 44.2 Å². The molecule has 1 amide bonds. The number of aryl methyl sites for hydroxylation is 1. The standard InChI is InChI=1S/C18H24N6O3/c25-18(17-13-3-1-2-4-14(13)27-23-17)20-6-5-19-15-11-16(22-12-21-15)24-7-9-26-10-8-24/h11-12H,1-10H2,(H,20,25)(H,19,21,22). The third-order valence-electron chi connectivity index (χ3n) is 4.87. The van der Waals surface area contributed by atoms with Gasteiger partial charge in [0.1, 0.15) is 23.7 Å². The number of nitrogens with zero attached hydrogens (tertiary/aromatic N) is 4. The maximum absolute atomic E-state index is 12.3. The maximum Gasteiger partial charge on any atom is 0.273 e. The Morgan fingerprint density at radius 2 is 2.00 bits per heavy atom. The summed E-state index contributed by atoms with van der Waals surface area (Å²) in [6, 6.07) is 1.92. The van der Waals surface area contributed by atoms with E-state index in [0.29, 0.717) is 32.0 Å². The number of aromatic nitrogens is 3. The number of hydrogen-bond donors (Lipinski definition) is 2. The zero-order chi connectivity index (χ0) is 18.5. The first-order valence-corrected chi connectivity index (χ1v) is 9.45. The molecule has 2 aromatic rings. The lowest BCUT2D eigenvalue weighted by molar-refractivity contribution is 0.0945. The minimum absolute atomic E-state index is 0.180. The van der Waals surface area contributed by atoms with E-state index in [0.717, 1.165) is 61.7 Å². The smallest absolute Gasteiger partial charge is 0.273 e. The van der Waals surface area contributed by atoms with Crippen LogP contribution in [0.1, 0.15) is 34.7 Å². The third-order valence-corrected chi connectivity index (χ3v) is 4.87. The lowest BCUT2D eigenvalue weighted by Crippen LogP contribution is -2.36. The first-order valence-electron chi connectivity index (χ1n) is 9.45. The zero-order valence-electron chi connectivity index (χ0n) is 15.2. The van der Waals surface area contributed by atoms with Crippen molar-refractivity contribution in [2.45, 2.75) is 25.7 Å². The lowest BCUT2D eigenvalue weighted by atomic mass is 9.96. The number of carbonyl (C=O) groups excluding carboxylic acids is 1. The van der Waals surface area contributed by atoms with Gasteiger partial charge in [0.25, 0.3) is 5.91 Å². The van der Waals surface area contributed by atoms with E-state index in [1.54, 1.807) is 6.33 Å². The Morgan fingerprint density at radius 1 is 1.15 bits per heavy atom. The molecule has 1 fully saturated rings. The number of amides is 1. The third kappa shape index (κ3) is 4.19. The van der Waals surface area contributed by atoms with Crippen LogP contribution in [-0.2, 0) is 17.6 Å². The van der Waals surface area contributed by atoms with Gasteiger partial charge in [-0.05, 0) is 19.3 Å². The number of carbonyl (C=O) groups is 1. The van der Waals surface area contributed by atoms with Gasteiger partial charge in [0.2, 0.25) is 0 Å². The number of morpholine rings is 1. The highest BCUT2D eigenvalue weighted by molar-refractivity contribution is 5.93. The van der Waals surface area contributed by atoms with Crippen molar-refractivity contribution in [2.75, 3.05) is 49.6 Å². The second kappa shape index (κ2) is 8.34. The SMILES string of the molecule is O=C(NCCNc1cc(N2CCOCC2)ncn1)c1noc2c1CCCC2. The summed E-state index contributed by atoms with van der Waals surface area (Å²) in [7, 11) is 0. The van der Waals surface area contributed by atoms with Crippen LogP contribution >= 0.6 is 0 Å². The molecule has 0 saturated carbocycles. The van der Waals surface area contributed by atoms with E-state index < -0.39 is 0 Å². The van der Waals surface area contributed by atoms with Crippen LogP contribution in [0.15, 0.2) is 16.9 Å². The summed E-state index contributed by atoms with van der Waals surface area (Å²) in [6.07, 6.45) is 5.46. The molecular formula is C18H24N6O3. The Kier molecular flexibility index (Phi) is 5.47. The van der Waals surface area contributed by atoms with Crippen LogP contribution in [0.2, 0.25) is 0 Å². The van der Waals surface area contributed by atoms with Crippen LogP contribution < -0.4 is 15.5 Å². The molecule has 0 bridgehead atoms. The van der Waals surface area contributed by atoms with Crippen LogP contribution in [0.5, 0.6) is 0 Å². The first kappa shape index (κ1) is 17.7. The predicted molar refractivity (Wildman–Crippen MR) is 99.0 cm³/mol. The summed E-state index contributed by atoms with van der Waals surface area (Å²) in [6.45, 7) is 4.11. The molecule has 0 spiro atoms. The summed E-state index contributed by atoms with van der Waals surface area (Å²) in [4.78, 5) is 23.1. The number of nitrogens with one attached hydrogen (secondary N) is 2. The fourth-order valence-electron chi connectivity index (χ4n) is 3.42. The molecule has 0 unspecified atom stereocenters. The highest BCUT2D eigenvalue weighted by Gasteiger charge is 2.23. The average Bonchev–Trinajstić information content (AvgIpc) is 3.16. The molecule has 4 rings (SSSR count). The first-order chi connectivity index (χ1) is 13.3. The quantitative estimate of drug-likeness (QED) is 0.724. The van der Waals surface area contributed by atoms with Crippen LogP contribution in [0.25, 0.3) is 0 Å². The van der Waals surface area contributed by atoms with E-state index >= 15 is 0 Å². The number of fused-ring (bicyclic) bond motifs is 1. The van der Waals surface area contributed by atoms with Crippen LogP contribution in [0.3, 0.4) is 0 Å². The molecule has 1 aliphatic carbocycles. The van der Waals surface area contributed by atoms with Crippen LogP contribution in [0.4, 0.5) is 11.6 Å². The van der Waals surface area contributed by atoms with Crippen molar-refractivity contribution in [3.63, 3.8) is 0 Å². The highest BCUT2D eigenvalue weighted by Crippen LogP contribution is 2.24. The molecule has 0 atom stereocenters. The molecule has 2 aliphatic rings. The van der Waals surface area contributed by atoms with E-state index in [1.165, 1.54) is 0 Å². The van der Waals surface area contributed by atoms with Gasteiger partial charge in [-0.15, -0.1) is 0 Å². The van der Waals surface area contributed by atoms with Crippen molar-refractivity contribution in [2.24, 2.45) is 0 Å².